The quantitative estimate of drug-likeness (QED) is 0.216. The normalized spacial score (nSPS) is 16.0. The van der Waals surface area contributed by atoms with Crippen molar-refractivity contribution in [2.24, 2.45) is 4.99 Å². The van der Waals surface area contributed by atoms with Gasteiger partial charge in [-0.05, 0) is 31.9 Å². The fourth-order valence-corrected chi connectivity index (χ4v) is 2.78. The monoisotopic (exact) mass is 459 g/mol. The maximum atomic E-state index is 5.62. The first-order valence-electron chi connectivity index (χ1n) is 8.54. The third-order valence-corrected chi connectivity index (χ3v) is 3.94. The molecule has 0 amide bonds. The van der Waals surface area contributed by atoms with Crippen molar-refractivity contribution in [2.45, 2.75) is 25.8 Å². The molecule has 6 nitrogen and oxygen atoms in total. The smallest absolute Gasteiger partial charge is 0.191 e. The van der Waals surface area contributed by atoms with Crippen LogP contribution in [0.4, 0.5) is 0 Å². The molecule has 140 valence electrons. The minimum absolute atomic E-state index is 0. The van der Waals surface area contributed by atoms with E-state index in [1.807, 2.05) is 12.1 Å². The standard InChI is InChI=1S/C18H29N5O.HI/c1-15(2)14-23-10-6-16(7-11-23)22-18(19-3)21-9-12-24-17-5-4-8-20-13-17;/h4-5,8,13,16H,1,6-7,9-12,14H2,2-3H3,(H2,19,21,22);1H. The molecule has 1 saturated heterocycles. The summed E-state index contributed by atoms with van der Waals surface area (Å²) in [6, 6.07) is 4.24. The highest BCUT2D eigenvalue weighted by Crippen LogP contribution is 2.11. The van der Waals surface area contributed by atoms with Gasteiger partial charge in [0.2, 0.25) is 0 Å². The summed E-state index contributed by atoms with van der Waals surface area (Å²) in [6.45, 7) is 10.6. The van der Waals surface area contributed by atoms with Crippen LogP contribution in [-0.4, -0.2) is 61.7 Å². The Kier molecular flexibility index (Phi) is 10.5. The third kappa shape index (κ3) is 8.53. The van der Waals surface area contributed by atoms with Crippen LogP contribution in [0.15, 0.2) is 41.7 Å². The summed E-state index contributed by atoms with van der Waals surface area (Å²) < 4.78 is 5.62. The van der Waals surface area contributed by atoms with Crippen LogP contribution in [-0.2, 0) is 0 Å². The maximum Gasteiger partial charge on any atom is 0.191 e. The molecular weight excluding hydrogens is 429 g/mol. The number of hydrogen-bond donors (Lipinski definition) is 2. The highest BCUT2D eigenvalue weighted by atomic mass is 127. The third-order valence-electron chi connectivity index (χ3n) is 3.94. The Labute approximate surface area is 168 Å². The SMILES string of the molecule is C=C(C)CN1CCC(NC(=NC)NCCOc2cccnc2)CC1.I. The maximum absolute atomic E-state index is 5.62. The van der Waals surface area contributed by atoms with Gasteiger partial charge in [-0.25, -0.2) is 0 Å². The number of rotatable bonds is 7. The van der Waals surface area contributed by atoms with E-state index in [2.05, 4.69) is 39.0 Å². The van der Waals surface area contributed by atoms with Gasteiger partial charge in [0.1, 0.15) is 12.4 Å². The molecule has 2 N–H and O–H groups in total. The van der Waals surface area contributed by atoms with E-state index in [4.69, 9.17) is 4.74 Å². The van der Waals surface area contributed by atoms with Gasteiger partial charge in [-0.2, -0.15) is 0 Å². The molecule has 0 aromatic carbocycles. The highest BCUT2D eigenvalue weighted by molar-refractivity contribution is 14.0. The molecule has 1 aromatic rings. The molecule has 2 rings (SSSR count). The number of ether oxygens (including phenoxy) is 1. The fourth-order valence-electron chi connectivity index (χ4n) is 2.78. The van der Waals surface area contributed by atoms with Crippen molar-refractivity contribution < 1.29 is 4.74 Å². The lowest BCUT2D eigenvalue weighted by molar-refractivity contribution is 0.221. The Hall–Kier alpha value is -1.35. The second-order valence-electron chi connectivity index (χ2n) is 6.19. The van der Waals surface area contributed by atoms with Gasteiger partial charge in [0.25, 0.3) is 0 Å². The molecule has 0 unspecified atom stereocenters. The van der Waals surface area contributed by atoms with Crippen LogP contribution >= 0.6 is 24.0 Å². The zero-order valence-electron chi connectivity index (χ0n) is 15.2. The van der Waals surface area contributed by atoms with Gasteiger partial charge in [0.15, 0.2) is 5.96 Å². The van der Waals surface area contributed by atoms with E-state index in [1.54, 1.807) is 19.4 Å². The molecule has 0 atom stereocenters. The molecular formula is C18H30IN5O. The van der Waals surface area contributed by atoms with E-state index < -0.39 is 0 Å². The molecule has 0 bridgehead atoms. The van der Waals surface area contributed by atoms with Crippen molar-refractivity contribution in [1.29, 1.82) is 0 Å². The predicted octanol–water partition coefficient (Wildman–Crippen LogP) is 2.28. The van der Waals surface area contributed by atoms with Crippen LogP contribution < -0.4 is 15.4 Å². The molecule has 25 heavy (non-hydrogen) atoms. The van der Waals surface area contributed by atoms with Gasteiger partial charge in [-0.3, -0.25) is 14.9 Å². The first-order valence-corrected chi connectivity index (χ1v) is 8.54. The molecule has 0 radical (unpaired) electrons. The largest absolute Gasteiger partial charge is 0.490 e. The van der Waals surface area contributed by atoms with Crippen molar-refractivity contribution in [1.82, 2.24) is 20.5 Å². The summed E-state index contributed by atoms with van der Waals surface area (Å²) in [5, 5.41) is 6.80. The Morgan fingerprint density at radius 1 is 1.44 bits per heavy atom. The summed E-state index contributed by atoms with van der Waals surface area (Å²) in [6.07, 6.45) is 5.70. The van der Waals surface area contributed by atoms with E-state index in [1.165, 1.54) is 5.57 Å². The average molecular weight is 459 g/mol. The lowest BCUT2D eigenvalue weighted by Gasteiger charge is -2.33. The summed E-state index contributed by atoms with van der Waals surface area (Å²) >= 11 is 0. The van der Waals surface area contributed by atoms with E-state index in [9.17, 15) is 0 Å². The summed E-state index contributed by atoms with van der Waals surface area (Å²) in [4.78, 5) is 10.8. The zero-order valence-corrected chi connectivity index (χ0v) is 17.5. The van der Waals surface area contributed by atoms with Gasteiger partial charge in [-0.15, -0.1) is 24.0 Å². The second kappa shape index (κ2) is 12.1. The van der Waals surface area contributed by atoms with Crippen molar-refractivity contribution in [2.75, 3.05) is 39.8 Å². The molecule has 0 spiro atoms. The van der Waals surface area contributed by atoms with Crippen LogP contribution in [0.2, 0.25) is 0 Å². The Bertz CT molecular complexity index is 530. The van der Waals surface area contributed by atoms with Gasteiger partial charge in [0, 0.05) is 38.9 Å². The highest BCUT2D eigenvalue weighted by Gasteiger charge is 2.19. The summed E-state index contributed by atoms with van der Waals surface area (Å²) in [5.41, 5.74) is 1.23. The first kappa shape index (κ1) is 21.7. The molecule has 0 saturated carbocycles. The molecule has 1 aliphatic rings. The summed E-state index contributed by atoms with van der Waals surface area (Å²) in [5.74, 6) is 1.62. The lowest BCUT2D eigenvalue weighted by atomic mass is 10.0. The number of halogens is 1. The zero-order chi connectivity index (χ0) is 17.2. The number of nitrogens with zero attached hydrogens (tertiary/aromatic N) is 3. The number of guanidine groups is 1. The van der Waals surface area contributed by atoms with Crippen molar-refractivity contribution in [3.63, 3.8) is 0 Å². The second-order valence-corrected chi connectivity index (χ2v) is 6.19. The van der Waals surface area contributed by atoms with E-state index in [-0.39, 0.29) is 24.0 Å². The van der Waals surface area contributed by atoms with Gasteiger partial charge >= 0.3 is 0 Å². The van der Waals surface area contributed by atoms with E-state index in [0.29, 0.717) is 19.2 Å². The number of aromatic nitrogens is 1. The number of hydrogen-bond acceptors (Lipinski definition) is 4. The first-order chi connectivity index (χ1) is 11.7. The molecule has 1 fully saturated rings. The Morgan fingerprint density at radius 2 is 2.20 bits per heavy atom. The molecule has 1 aromatic heterocycles. The summed E-state index contributed by atoms with van der Waals surface area (Å²) in [7, 11) is 1.80. The van der Waals surface area contributed by atoms with Crippen molar-refractivity contribution >= 4 is 29.9 Å². The fraction of sp³-hybridized carbons (Fsp3) is 0.556. The lowest BCUT2D eigenvalue weighted by Crippen LogP contribution is -2.49. The number of likely N-dealkylation sites (tertiary alicyclic amines) is 1. The topological polar surface area (TPSA) is 61.8 Å². The minimum Gasteiger partial charge on any atom is -0.490 e. The molecule has 0 aliphatic carbocycles. The van der Waals surface area contributed by atoms with Crippen LogP contribution in [0, 0.1) is 0 Å². The molecule has 2 heterocycles. The number of pyridine rings is 1. The van der Waals surface area contributed by atoms with Crippen molar-refractivity contribution in [3.8, 4) is 5.75 Å². The van der Waals surface area contributed by atoms with Gasteiger partial charge < -0.3 is 15.4 Å². The van der Waals surface area contributed by atoms with Crippen molar-refractivity contribution in [3.05, 3.63) is 36.7 Å². The van der Waals surface area contributed by atoms with Crippen LogP contribution in [0.1, 0.15) is 19.8 Å². The van der Waals surface area contributed by atoms with E-state index in [0.717, 1.165) is 44.2 Å². The van der Waals surface area contributed by atoms with Crippen LogP contribution in [0.3, 0.4) is 0 Å². The Balaban J connectivity index is 0.00000312. The van der Waals surface area contributed by atoms with E-state index >= 15 is 0 Å². The van der Waals surface area contributed by atoms with Crippen LogP contribution in [0.25, 0.3) is 0 Å². The molecule has 7 heteroatoms. The van der Waals surface area contributed by atoms with Crippen LogP contribution in [0.5, 0.6) is 5.75 Å². The number of nitrogens with one attached hydrogen (secondary N) is 2. The van der Waals surface area contributed by atoms with Gasteiger partial charge in [0.05, 0.1) is 12.7 Å². The number of piperidine rings is 1. The average Bonchev–Trinajstić information content (AvgIpc) is 2.59. The Morgan fingerprint density at radius 3 is 2.80 bits per heavy atom. The number of aliphatic imine (C=N–C) groups is 1. The minimum atomic E-state index is 0. The van der Waals surface area contributed by atoms with Gasteiger partial charge in [-0.1, -0.05) is 12.2 Å². The predicted molar refractivity (Wildman–Crippen MR) is 114 cm³/mol. The molecule has 1 aliphatic heterocycles.